The number of sulfone groups is 1. The molecule has 40 heavy (non-hydrogen) atoms. The van der Waals surface area contributed by atoms with Crippen molar-refractivity contribution in [1.82, 2.24) is 19.4 Å². The summed E-state index contributed by atoms with van der Waals surface area (Å²) in [6, 6.07) is 14.4. The quantitative estimate of drug-likeness (QED) is 0.365. The highest BCUT2D eigenvalue weighted by atomic mass is 32.2. The number of hydrogen-bond donors (Lipinski definition) is 2. The molecule has 1 saturated carbocycles. The van der Waals surface area contributed by atoms with Crippen LogP contribution in [0.1, 0.15) is 43.4 Å². The van der Waals surface area contributed by atoms with Gasteiger partial charge in [-0.1, -0.05) is 36.4 Å². The minimum absolute atomic E-state index is 0.0288. The number of amides is 1. The van der Waals surface area contributed by atoms with Crippen molar-refractivity contribution in [3.8, 4) is 5.69 Å². The zero-order valence-electron chi connectivity index (χ0n) is 21.5. The van der Waals surface area contributed by atoms with E-state index in [9.17, 15) is 32.3 Å². The number of nitrogens with zero attached hydrogens (tertiary/aromatic N) is 3. The van der Waals surface area contributed by atoms with E-state index in [1.807, 2.05) is 0 Å². The van der Waals surface area contributed by atoms with Crippen molar-refractivity contribution in [2.75, 3.05) is 6.26 Å². The molecular weight excluding hydrogens is 539 g/mol. The second kappa shape index (κ2) is 10.8. The summed E-state index contributed by atoms with van der Waals surface area (Å²) >= 11 is 0. The highest BCUT2D eigenvalue weighted by Crippen LogP contribution is 2.28. The molecule has 5 rings (SSSR count). The molecule has 2 heterocycles. The highest BCUT2D eigenvalue weighted by Gasteiger charge is 2.29. The lowest BCUT2D eigenvalue weighted by atomic mass is 9.90. The molecular formula is C28H27FN4O6S. The van der Waals surface area contributed by atoms with Gasteiger partial charge in [0.2, 0.25) is 0 Å². The van der Waals surface area contributed by atoms with E-state index >= 15 is 0 Å². The van der Waals surface area contributed by atoms with Crippen LogP contribution in [0.4, 0.5) is 4.39 Å². The number of halogens is 1. The van der Waals surface area contributed by atoms with Crippen LogP contribution in [0.15, 0.2) is 81.3 Å². The first-order valence-corrected chi connectivity index (χ1v) is 14.6. The molecule has 1 fully saturated rings. The molecule has 10 nitrogen and oxygen atoms in total. The Kier molecular flexibility index (Phi) is 7.39. The standard InChI is InChI=1S/C28H27FN4O6S/c1-40(38,39)22-9-5-8-21(15-22)32-25-23(14-18(29)16-30-25)27(36)33(28(32)37)20-12-10-19(11-13-20)31-26(35)24(34)17-6-3-2-4-7-17/h2-9,14-16,19-20,24,34H,10-13H2,1H3,(H,31,35)/t19-,20+,24-/m0/s1. The number of carbonyl (C=O) groups excluding carboxylic acids is 1. The Morgan fingerprint density at radius 3 is 2.42 bits per heavy atom. The summed E-state index contributed by atoms with van der Waals surface area (Å²) in [6.45, 7) is 0. The third kappa shape index (κ3) is 5.32. The SMILES string of the molecule is CS(=O)(=O)c1cccc(-n2c(=O)n([C@H]3CC[C@@H](NC(=O)[C@@H](O)c4ccccc4)CC3)c(=O)c3cc(F)cnc32)c1. The van der Waals surface area contributed by atoms with Crippen molar-refractivity contribution in [3.63, 3.8) is 0 Å². The number of rotatable bonds is 6. The molecule has 4 aromatic rings. The lowest BCUT2D eigenvalue weighted by molar-refractivity contribution is -0.130. The number of benzene rings is 2. The van der Waals surface area contributed by atoms with Crippen molar-refractivity contribution >= 4 is 26.8 Å². The monoisotopic (exact) mass is 566 g/mol. The van der Waals surface area contributed by atoms with E-state index in [4.69, 9.17) is 0 Å². The summed E-state index contributed by atoms with van der Waals surface area (Å²) < 4.78 is 40.7. The summed E-state index contributed by atoms with van der Waals surface area (Å²) in [5.41, 5.74) is -0.878. The van der Waals surface area contributed by atoms with Gasteiger partial charge in [-0.2, -0.15) is 0 Å². The summed E-state index contributed by atoms with van der Waals surface area (Å²) in [7, 11) is -3.60. The summed E-state index contributed by atoms with van der Waals surface area (Å²) in [6.07, 6.45) is 2.20. The first kappa shape index (κ1) is 27.4. The van der Waals surface area contributed by atoms with E-state index in [1.165, 1.54) is 24.3 Å². The molecule has 0 aliphatic heterocycles. The number of carbonyl (C=O) groups is 1. The Hall–Kier alpha value is -4.16. The topological polar surface area (TPSA) is 140 Å². The Labute approximate surface area is 228 Å². The zero-order chi connectivity index (χ0) is 28.6. The molecule has 1 amide bonds. The van der Waals surface area contributed by atoms with Crippen molar-refractivity contribution in [3.05, 3.63) is 99.1 Å². The first-order valence-electron chi connectivity index (χ1n) is 12.7. The number of fused-ring (bicyclic) bond motifs is 1. The van der Waals surface area contributed by atoms with Gasteiger partial charge in [0.1, 0.15) is 5.82 Å². The van der Waals surface area contributed by atoms with Gasteiger partial charge < -0.3 is 10.4 Å². The van der Waals surface area contributed by atoms with Gasteiger partial charge in [-0.25, -0.2) is 27.2 Å². The first-order chi connectivity index (χ1) is 19.0. The van der Waals surface area contributed by atoms with Gasteiger partial charge in [0.15, 0.2) is 21.6 Å². The maximum Gasteiger partial charge on any atom is 0.337 e. The molecule has 2 aromatic heterocycles. The van der Waals surface area contributed by atoms with Gasteiger partial charge in [-0.15, -0.1) is 0 Å². The average molecular weight is 567 g/mol. The molecule has 1 atom stereocenters. The predicted molar refractivity (Wildman–Crippen MR) is 146 cm³/mol. The third-order valence-corrected chi connectivity index (χ3v) is 8.28. The van der Waals surface area contributed by atoms with Crippen molar-refractivity contribution in [2.45, 2.75) is 48.8 Å². The fourth-order valence-electron chi connectivity index (χ4n) is 5.14. The van der Waals surface area contributed by atoms with E-state index in [-0.39, 0.29) is 27.7 Å². The van der Waals surface area contributed by atoms with E-state index in [1.54, 1.807) is 30.3 Å². The summed E-state index contributed by atoms with van der Waals surface area (Å²) in [4.78, 5) is 43.8. The number of aliphatic hydroxyl groups is 1. The lowest BCUT2D eigenvalue weighted by Gasteiger charge is -2.31. The van der Waals surface area contributed by atoms with Gasteiger partial charge in [-0.05, 0) is 55.5 Å². The van der Waals surface area contributed by atoms with Gasteiger partial charge in [-0.3, -0.25) is 14.2 Å². The molecule has 208 valence electrons. The van der Waals surface area contributed by atoms with Gasteiger partial charge in [0.25, 0.3) is 11.5 Å². The smallest absolute Gasteiger partial charge is 0.337 e. The Morgan fingerprint density at radius 2 is 1.75 bits per heavy atom. The molecule has 0 unspecified atom stereocenters. The maximum atomic E-state index is 14.2. The van der Waals surface area contributed by atoms with Gasteiger partial charge >= 0.3 is 5.69 Å². The van der Waals surface area contributed by atoms with Crippen LogP contribution >= 0.6 is 0 Å². The van der Waals surface area contributed by atoms with Crippen molar-refractivity contribution < 1.29 is 22.7 Å². The molecule has 0 bridgehead atoms. The van der Waals surface area contributed by atoms with Crippen LogP contribution in [0.25, 0.3) is 16.7 Å². The second-order valence-corrected chi connectivity index (χ2v) is 11.9. The molecule has 0 spiro atoms. The zero-order valence-corrected chi connectivity index (χ0v) is 22.3. The largest absolute Gasteiger partial charge is 0.378 e. The predicted octanol–water partition coefficient (Wildman–Crippen LogP) is 2.42. The van der Waals surface area contributed by atoms with Crippen LogP contribution < -0.4 is 16.6 Å². The molecule has 12 heteroatoms. The van der Waals surface area contributed by atoms with Crippen LogP contribution in [-0.4, -0.2) is 45.8 Å². The highest BCUT2D eigenvalue weighted by molar-refractivity contribution is 7.90. The molecule has 1 aliphatic rings. The Morgan fingerprint density at radius 1 is 1.05 bits per heavy atom. The number of nitrogens with one attached hydrogen (secondary N) is 1. The van der Waals surface area contributed by atoms with E-state index < -0.39 is 45.0 Å². The van der Waals surface area contributed by atoms with Crippen LogP contribution in [0.3, 0.4) is 0 Å². The normalized spacial score (nSPS) is 18.4. The minimum atomic E-state index is -3.60. The molecule has 0 saturated heterocycles. The third-order valence-electron chi connectivity index (χ3n) is 7.17. The molecule has 0 radical (unpaired) electrons. The maximum absolute atomic E-state index is 14.2. The van der Waals surface area contributed by atoms with Crippen molar-refractivity contribution in [1.29, 1.82) is 0 Å². The van der Waals surface area contributed by atoms with Gasteiger partial charge in [0, 0.05) is 18.3 Å². The fourth-order valence-corrected chi connectivity index (χ4v) is 5.80. The van der Waals surface area contributed by atoms with E-state index in [0.717, 1.165) is 27.7 Å². The van der Waals surface area contributed by atoms with Gasteiger partial charge in [0.05, 0.1) is 22.2 Å². The number of hydrogen-bond acceptors (Lipinski definition) is 7. The Bertz CT molecular complexity index is 1810. The van der Waals surface area contributed by atoms with Crippen LogP contribution in [0, 0.1) is 5.82 Å². The lowest BCUT2D eigenvalue weighted by Crippen LogP contribution is -2.45. The molecule has 1 aliphatic carbocycles. The minimum Gasteiger partial charge on any atom is -0.378 e. The van der Waals surface area contributed by atoms with E-state index in [2.05, 4.69) is 10.3 Å². The number of pyridine rings is 1. The average Bonchev–Trinajstić information content (AvgIpc) is 2.94. The number of aliphatic hydroxyl groups excluding tert-OH is 1. The number of aromatic nitrogens is 3. The summed E-state index contributed by atoms with van der Waals surface area (Å²) in [5.74, 6) is -1.29. The van der Waals surface area contributed by atoms with Crippen LogP contribution in [0.2, 0.25) is 0 Å². The fraction of sp³-hybridized carbons (Fsp3) is 0.286. The van der Waals surface area contributed by atoms with E-state index in [0.29, 0.717) is 31.2 Å². The van der Waals surface area contributed by atoms with Crippen LogP contribution in [0.5, 0.6) is 0 Å². The molecule has 2 aromatic carbocycles. The van der Waals surface area contributed by atoms with Crippen molar-refractivity contribution in [2.24, 2.45) is 0 Å². The Balaban J connectivity index is 1.47. The van der Waals surface area contributed by atoms with Crippen LogP contribution in [-0.2, 0) is 14.6 Å². The second-order valence-electron chi connectivity index (χ2n) is 9.91. The summed E-state index contributed by atoms with van der Waals surface area (Å²) in [5, 5.41) is 13.1. The molecule has 2 N–H and O–H groups in total.